The number of pyridine rings is 1. The monoisotopic (exact) mass is 321 g/mol. The topological polar surface area (TPSA) is 91.2 Å². The molecule has 118 valence electrons. The zero-order valence-corrected chi connectivity index (χ0v) is 12.6. The van der Waals surface area contributed by atoms with Crippen LogP contribution in [-0.4, -0.2) is 22.2 Å². The van der Waals surface area contributed by atoms with Gasteiger partial charge < -0.3 is 13.7 Å². The summed E-state index contributed by atoms with van der Waals surface area (Å²) in [5, 5.41) is 4.60. The third kappa shape index (κ3) is 2.41. The maximum absolute atomic E-state index is 12.2. The van der Waals surface area contributed by atoms with Crippen molar-refractivity contribution >= 4 is 11.0 Å². The van der Waals surface area contributed by atoms with Crippen LogP contribution in [0.3, 0.4) is 0 Å². The predicted molar refractivity (Wildman–Crippen MR) is 85.6 cm³/mol. The van der Waals surface area contributed by atoms with E-state index in [4.69, 9.17) is 13.7 Å². The Kier molecular flexibility index (Phi) is 3.31. The van der Waals surface area contributed by atoms with Crippen molar-refractivity contribution < 1.29 is 13.7 Å². The predicted octanol–water partition coefficient (Wildman–Crippen LogP) is 2.91. The molecule has 0 unspecified atom stereocenters. The van der Waals surface area contributed by atoms with Crippen LogP contribution in [0.1, 0.15) is 0 Å². The van der Waals surface area contributed by atoms with Crippen LogP contribution >= 0.6 is 0 Å². The van der Waals surface area contributed by atoms with Gasteiger partial charge in [0.25, 0.3) is 5.89 Å². The SMILES string of the molecule is COc1ccc2oc(=O)c(-c3nc(-c4ccncc4)no3)cc2c1. The Morgan fingerprint density at radius 1 is 1.08 bits per heavy atom. The second kappa shape index (κ2) is 5.62. The van der Waals surface area contributed by atoms with E-state index in [1.807, 2.05) is 0 Å². The molecule has 0 radical (unpaired) electrons. The summed E-state index contributed by atoms with van der Waals surface area (Å²) in [6.45, 7) is 0. The first-order valence-electron chi connectivity index (χ1n) is 7.11. The Labute approximate surface area is 135 Å². The highest BCUT2D eigenvalue weighted by Crippen LogP contribution is 2.25. The molecular weight excluding hydrogens is 310 g/mol. The molecule has 0 bridgehead atoms. The van der Waals surface area contributed by atoms with Gasteiger partial charge in [-0.15, -0.1) is 0 Å². The van der Waals surface area contributed by atoms with Gasteiger partial charge >= 0.3 is 5.63 Å². The van der Waals surface area contributed by atoms with E-state index < -0.39 is 5.63 Å². The molecule has 0 saturated carbocycles. The highest BCUT2D eigenvalue weighted by molar-refractivity contribution is 5.81. The summed E-state index contributed by atoms with van der Waals surface area (Å²) in [7, 11) is 1.57. The van der Waals surface area contributed by atoms with Crippen molar-refractivity contribution in [3.05, 3.63) is 59.2 Å². The molecule has 7 heteroatoms. The maximum atomic E-state index is 12.2. The molecule has 4 rings (SSSR count). The van der Waals surface area contributed by atoms with E-state index in [1.165, 1.54) is 0 Å². The lowest BCUT2D eigenvalue weighted by Crippen LogP contribution is -2.03. The second-order valence-corrected chi connectivity index (χ2v) is 5.01. The Morgan fingerprint density at radius 3 is 2.71 bits per heavy atom. The molecule has 0 atom stereocenters. The molecule has 0 spiro atoms. The summed E-state index contributed by atoms with van der Waals surface area (Å²) < 4.78 is 15.7. The molecule has 0 saturated heterocycles. The fourth-order valence-corrected chi connectivity index (χ4v) is 2.33. The Morgan fingerprint density at radius 2 is 1.92 bits per heavy atom. The molecule has 3 aromatic heterocycles. The number of nitrogens with zero attached hydrogens (tertiary/aromatic N) is 3. The summed E-state index contributed by atoms with van der Waals surface area (Å²) >= 11 is 0. The molecule has 7 nitrogen and oxygen atoms in total. The fourth-order valence-electron chi connectivity index (χ4n) is 2.33. The molecule has 0 aliphatic heterocycles. The summed E-state index contributed by atoms with van der Waals surface area (Å²) in [5.74, 6) is 1.13. The Hall–Kier alpha value is -3.48. The van der Waals surface area contributed by atoms with Crippen LogP contribution in [0.2, 0.25) is 0 Å². The van der Waals surface area contributed by atoms with Crippen LogP contribution in [-0.2, 0) is 0 Å². The minimum absolute atomic E-state index is 0.0975. The van der Waals surface area contributed by atoms with Crippen LogP contribution in [0.15, 0.2) is 62.5 Å². The Bertz CT molecular complexity index is 1070. The van der Waals surface area contributed by atoms with Crippen molar-refractivity contribution in [3.8, 4) is 28.6 Å². The highest BCUT2D eigenvalue weighted by Gasteiger charge is 2.16. The molecule has 24 heavy (non-hydrogen) atoms. The zero-order chi connectivity index (χ0) is 16.5. The van der Waals surface area contributed by atoms with E-state index >= 15 is 0 Å². The molecule has 0 aliphatic carbocycles. The zero-order valence-electron chi connectivity index (χ0n) is 12.6. The molecule has 4 aromatic rings. The van der Waals surface area contributed by atoms with Crippen LogP contribution in [0, 0.1) is 0 Å². The van der Waals surface area contributed by atoms with E-state index in [0.717, 1.165) is 5.56 Å². The smallest absolute Gasteiger partial charge is 0.349 e. The van der Waals surface area contributed by atoms with Gasteiger partial charge in [-0.05, 0) is 36.4 Å². The number of hydrogen-bond donors (Lipinski definition) is 0. The number of aromatic nitrogens is 3. The number of methoxy groups -OCH3 is 1. The van der Waals surface area contributed by atoms with E-state index in [9.17, 15) is 4.79 Å². The summed E-state index contributed by atoms with van der Waals surface area (Å²) in [4.78, 5) is 20.4. The molecule has 0 amide bonds. The first-order valence-corrected chi connectivity index (χ1v) is 7.11. The lowest BCUT2D eigenvalue weighted by Gasteiger charge is -2.02. The summed E-state index contributed by atoms with van der Waals surface area (Å²) in [6, 6.07) is 10.3. The van der Waals surface area contributed by atoms with Gasteiger partial charge in [0.15, 0.2) is 0 Å². The van der Waals surface area contributed by atoms with Crippen molar-refractivity contribution in [1.82, 2.24) is 15.1 Å². The molecule has 3 heterocycles. The van der Waals surface area contributed by atoms with Gasteiger partial charge in [0.2, 0.25) is 5.82 Å². The van der Waals surface area contributed by atoms with Crippen molar-refractivity contribution in [2.45, 2.75) is 0 Å². The van der Waals surface area contributed by atoms with Gasteiger partial charge in [0, 0.05) is 23.3 Å². The molecule has 0 aliphatic rings. The molecule has 0 fully saturated rings. The third-order valence-electron chi connectivity index (χ3n) is 3.53. The number of benzene rings is 1. The van der Waals surface area contributed by atoms with Crippen LogP contribution in [0.4, 0.5) is 0 Å². The second-order valence-electron chi connectivity index (χ2n) is 5.01. The molecule has 1 aromatic carbocycles. The van der Waals surface area contributed by atoms with Gasteiger partial charge in [0.05, 0.1) is 7.11 Å². The molecule has 0 N–H and O–H groups in total. The van der Waals surface area contributed by atoms with E-state index in [1.54, 1.807) is 55.9 Å². The van der Waals surface area contributed by atoms with Gasteiger partial charge in [-0.2, -0.15) is 4.98 Å². The van der Waals surface area contributed by atoms with Gasteiger partial charge in [-0.3, -0.25) is 4.98 Å². The van der Waals surface area contributed by atoms with Gasteiger partial charge in [0.1, 0.15) is 16.9 Å². The fraction of sp³-hybridized carbons (Fsp3) is 0.0588. The minimum Gasteiger partial charge on any atom is -0.497 e. The van der Waals surface area contributed by atoms with E-state index in [2.05, 4.69) is 15.1 Å². The first-order chi connectivity index (χ1) is 11.7. The normalized spacial score (nSPS) is 10.9. The van der Waals surface area contributed by atoms with Crippen molar-refractivity contribution in [1.29, 1.82) is 0 Å². The van der Waals surface area contributed by atoms with E-state index in [-0.39, 0.29) is 11.5 Å². The average Bonchev–Trinajstić information content (AvgIpc) is 3.11. The van der Waals surface area contributed by atoms with Gasteiger partial charge in [-0.1, -0.05) is 5.16 Å². The largest absolute Gasteiger partial charge is 0.497 e. The number of rotatable bonds is 3. The Balaban J connectivity index is 1.83. The third-order valence-corrected chi connectivity index (χ3v) is 3.53. The van der Waals surface area contributed by atoms with Crippen LogP contribution < -0.4 is 10.4 Å². The van der Waals surface area contributed by atoms with Crippen molar-refractivity contribution in [3.63, 3.8) is 0 Å². The lowest BCUT2D eigenvalue weighted by atomic mass is 10.2. The van der Waals surface area contributed by atoms with Gasteiger partial charge in [-0.25, -0.2) is 4.79 Å². The lowest BCUT2D eigenvalue weighted by molar-refractivity contribution is 0.415. The molecular formula is C17H11N3O4. The minimum atomic E-state index is -0.544. The maximum Gasteiger partial charge on any atom is 0.349 e. The summed E-state index contributed by atoms with van der Waals surface area (Å²) in [5.41, 5.74) is 0.853. The van der Waals surface area contributed by atoms with Crippen LogP contribution in [0.5, 0.6) is 5.75 Å². The highest BCUT2D eigenvalue weighted by atomic mass is 16.5. The standard InChI is InChI=1S/C17H11N3O4/c1-22-12-2-3-14-11(8-12)9-13(17(21)23-14)16-19-15(20-24-16)10-4-6-18-7-5-10/h2-9H,1H3. The van der Waals surface area contributed by atoms with Crippen molar-refractivity contribution in [2.24, 2.45) is 0 Å². The quantitative estimate of drug-likeness (QED) is 0.536. The first kappa shape index (κ1) is 14.1. The number of ether oxygens (including phenoxy) is 1. The number of hydrogen-bond acceptors (Lipinski definition) is 7. The van der Waals surface area contributed by atoms with Crippen LogP contribution in [0.25, 0.3) is 33.8 Å². The number of fused-ring (bicyclic) bond motifs is 1. The van der Waals surface area contributed by atoms with Crippen molar-refractivity contribution in [2.75, 3.05) is 7.11 Å². The van der Waals surface area contributed by atoms with E-state index in [0.29, 0.717) is 22.5 Å². The summed E-state index contributed by atoms with van der Waals surface area (Å²) in [6.07, 6.45) is 3.25. The average molecular weight is 321 g/mol.